The zero-order chi connectivity index (χ0) is 77.8. The molecule has 106 heavy (non-hydrogen) atoms. The zero-order valence-electron chi connectivity index (χ0n) is 62.3. The Kier molecular flexibility index (Phi) is 70.1. The number of carbonyl (C=O) groups is 3. The summed E-state index contributed by atoms with van der Waals surface area (Å²) in [7, 11) is 3.98. The van der Waals surface area contributed by atoms with Crippen molar-refractivity contribution in [2.24, 2.45) is 0 Å². The molecule has 26 heteroatoms. The predicted molar refractivity (Wildman–Crippen MR) is 445 cm³/mol. The molecule has 0 amide bonds. The number of ether oxygens (including phenoxy) is 3. The summed E-state index contributed by atoms with van der Waals surface area (Å²) in [5, 5.41) is 19.5. The Morgan fingerprint density at radius 1 is 0.538 bits per heavy atom. The third kappa shape index (κ3) is 40.6. The van der Waals surface area contributed by atoms with Crippen LogP contribution in [0.2, 0.25) is 15.1 Å². The average molecular weight is 2380 g/mol. The van der Waals surface area contributed by atoms with E-state index in [4.69, 9.17) is 44.3 Å². The number of hydrogen-bond donors (Lipinski definition) is 1. The summed E-state index contributed by atoms with van der Waals surface area (Å²) < 4.78 is 59.7. The Hall–Kier alpha value is -2.12. The van der Waals surface area contributed by atoms with Gasteiger partial charge in [-0.25, -0.2) is 27.6 Å². The van der Waals surface area contributed by atoms with E-state index >= 15 is 0 Å². The Balaban J connectivity index is -0.000000590. The van der Waals surface area contributed by atoms with Crippen LogP contribution >= 0.6 is 110 Å². The molecule has 9 aromatic rings. The first kappa shape index (κ1) is 110. The number of aromatic nitrogens is 6. The van der Waals surface area contributed by atoms with Crippen molar-refractivity contribution in [1.82, 2.24) is 29.8 Å². The molecule has 2 aliphatic rings. The molecule has 2 fully saturated rings. The van der Waals surface area contributed by atoms with Crippen molar-refractivity contribution in [3.63, 3.8) is 0 Å². The fraction of sp³-hybridized carbons (Fsp3) is 0.388. The first-order valence-corrected chi connectivity index (χ1v) is 45.6. The molecule has 0 spiro atoms. The molecule has 11 rings (SSSR count). The van der Waals surface area contributed by atoms with Crippen LogP contribution in [-0.4, -0.2) is 69.0 Å². The van der Waals surface area contributed by atoms with Gasteiger partial charge in [0.15, 0.2) is 0 Å². The van der Waals surface area contributed by atoms with Crippen molar-refractivity contribution in [3.8, 4) is 0 Å². The molecule has 0 saturated heterocycles. The van der Waals surface area contributed by atoms with Crippen LogP contribution in [-0.2, 0) is 112 Å². The summed E-state index contributed by atoms with van der Waals surface area (Å²) in [5.74, 6) is -1.59. The van der Waals surface area contributed by atoms with Gasteiger partial charge in [0.05, 0.1) is 101 Å². The third-order valence-electron chi connectivity index (χ3n) is 14.6. The van der Waals surface area contributed by atoms with Crippen LogP contribution in [0, 0.1) is 72.6 Å². The third-order valence-corrected chi connectivity index (χ3v) is 18.0. The standard InChI is InChI=1S/C20H18ClFN2O2.C16H11ClFIN2O2.C9H7ClN2O2.C7H5BrFI.C4H7.6C4H9.BrH.Pd.2Pt.Zn/c1-26-20(25)15-7-8-17(21)16-10-23-24(19(15)16)11-12-5-6-14(18(22)9-12)13-3-2-4-13;1-23-16(22)10-3-4-12(17)11-7-20-21(15(10)11)8-9-2-5-14(19)13(18)6-9;1-14-9(13)5-2-3-7(10)6-4-11-12-8(5)6;8-4-5-1-2-7(10)6(9)3-5;1-2-4-3-1;6*1-3-4-2;;;;;/h5-10,13H,2-4,11H2,1H3;2-7H,8H2,1H3;2-4H,1H3,(H,11,12);1-3H,4H2;1H,2-4H2;6*1,3-4H2,2H3;1H;;;;/q;;;;7*-1;;;;;+2/p-1. The van der Waals surface area contributed by atoms with Gasteiger partial charge in [-0.1, -0.05) is 161 Å². The number of alkyl halides is 1. The number of carbonyl (C=O) groups excluding carboxylic acids is 3. The van der Waals surface area contributed by atoms with Crippen LogP contribution in [0.5, 0.6) is 0 Å². The number of methoxy groups -OCH3 is 3. The van der Waals surface area contributed by atoms with Crippen LogP contribution in [0.4, 0.5) is 13.2 Å². The summed E-state index contributed by atoms with van der Waals surface area (Å²) in [6, 6.07) is 25.3. The molecule has 3 aromatic heterocycles. The van der Waals surface area contributed by atoms with E-state index in [9.17, 15) is 27.6 Å². The molecule has 2 aliphatic carbocycles. The second-order valence-electron chi connectivity index (χ2n) is 22.5. The van der Waals surface area contributed by atoms with Crippen molar-refractivity contribution in [2.75, 3.05) is 21.3 Å². The van der Waals surface area contributed by atoms with Crippen molar-refractivity contribution in [2.45, 2.75) is 181 Å². The van der Waals surface area contributed by atoms with E-state index in [1.54, 1.807) is 82.6 Å². The summed E-state index contributed by atoms with van der Waals surface area (Å²) >= 11 is 29.7. The molecule has 0 atom stereocenters. The van der Waals surface area contributed by atoms with Crippen molar-refractivity contribution in [3.05, 3.63) is 236 Å². The fourth-order valence-electron chi connectivity index (χ4n) is 7.94. The molecule has 1 N–H and O–H groups in total. The number of aromatic amines is 1. The molecule has 6 aromatic carbocycles. The number of halogens is 10. The number of nitrogens with one attached hydrogen (secondary N) is 1. The quantitative estimate of drug-likeness (QED) is 0.0265. The number of unbranched alkanes of at least 4 members (excludes halogenated alkanes) is 6. The summed E-state index contributed by atoms with van der Waals surface area (Å²) in [4.78, 5) is 35.4. The molecule has 0 unspecified atom stereocenters. The maximum atomic E-state index is 14.5. The zero-order valence-corrected chi connectivity index (χ0v) is 81.1. The molecule has 596 valence electrons. The maximum absolute atomic E-state index is 14.5. The van der Waals surface area contributed by atoms with Gasteiger partial charge >= 0.3 is 47.9 Å². The second-order valence-corrected chi connectivity index (χ2v) is 26.6. The van der Waals surface area contributed by atoms with E-state index in [1.165, 1.54) is 114 Å². The first-order chi connectivity index (χ1) is 49.5. The summed E-state index contributed by atoms with van der Waals surface area (Å²) in [5.41, 5.74) is 6.24. The SMILES string of the molecule is COC(=O)c1ccc(Cl)c2cn[nH]c12.COC(=O)c1ccc(Cl)c2cnn(Cc3ccc(C4CCC4)c(F)c3)c12.COC(=O)c1ccc(Cl)c2cnn(Cc3ccc(I)c(F)c3)c12.Fc1cc(CBr)ccc1I.[CH-]1CCC1.[CH2-]CCC.[CH2-]CCC.[CH2-]CCC.[CH2-]CCC.[CH2-]CCC.[CH2-]CCC.[Pd].[Pt].[Pt].[Zn+][Br]. The Morgan fingerprint density at radius 3 is 1.17 bits per heavy atom. The number of rotatable bonds is 15. The van der Waals surface area contributed by atoms with Gasteiger partial charge in [-0.15, -0.1) is 6.42 Å². The minimum absolute atomic E-state index is 0. The van der Waals surface area contributed by atoms with Crippen LogP contribution in [0.25, 0.3) is 32.7 Å². The average Bonchev–Trinajstić information content (AvgIpc) is 1.62. The van der Waals surface area contributed by atoms with E-state index in [1.807, 2.05) is 69.4 Å². The van der Waals surface area contributed by atoms with Gasteiger partial charge in [-0.3, -0.25) is 14.5 Å². The monoisotopic (exact) mass is 2380 g/mol. The number of esters is 3. The predicted octanol–water partition coefficient (Wildman–Crippen LogP) is 26.5. The minimum atomic E-state index is -0.470. The van der Waals surface area contributed by atoms with Gasteiger partial charge < -0.3 is 62.2 Å². The molecular formula is C80H102Br2Cl3F3I2N6O6PdPt2Zn-6. The van der Waals surface area contributed by atoms with Gasteiger partial charge in [-0.05, 0) is 153 Å². The molecule has 0 bridgehead atoms. The second kappa shape index (κ2) is 67.4. The van der Waals surface area contributed by atoms with E-state index in [0.717, 1.165) is 79.0 Å². The van der Waals surface area contributed by atoms with E-state index in [0.29, 0.717) is 90.6 Å². The first-order valence-electron chi connectivity index (χ1n) is 34.3. The van der Waals surface area contributed by atoms with E-state index in [2.05, 4.69) is 144 Å². The molecule has 3 heterocycles. The number of fused-ring (bicyclic) bond motifs is 3. The molecule has 2 saturated carbocycles. The van der Waals surface area contributed by atoms with Crippen molar-refractivity contribution < 1.29 is 121 Å². The molecular weight excluding hydrogens is 2280 g/mol. The van der Waals surface area contributed by atoms with Gasteiger partial charge in [-0.2, -0.15) is 66.7 Å². The normalized spacial score (nSPS) is 10.9. The Bertz CT molecular complexity index is 3800. The van der Waals surface area contributed by atoms with E-state index < -0.39 is 17.9 Å². The number of H-pyrrole nitrogens is 1. The topological polar surface area (TPSA) is 143 Å². The van der Waals surface area contributed by atoms with Gasteiger partial charge in [0.2, 0.25) is 0 Å². The molecule has 0 aliphatic heterocycles. The van der Waals surface area contributed by atoms with Crippen molar-refractivity contribution in [1.29, 1.82) is 0 Å². The van der Waals surface area contributed by atoms with Crippen LogP contribution < -0.4 is 0 Å². The summed E-state index contributed by atoms with van der Waals surface area (Å²) in [6.07, 6.45) is 28.2. The number of nitrogens with zero attached hydrogens (tertiary/aromatic N) is 5. The fourth-order valence-corrected chi connectivity index (χ4v) is 9.57. The van der Waals surface area contributed by atoms with Crippen LogP contribution in [0.15, 0.2) is 110 Å². The molecule has 0 radical (unpaired) electrons. The Labute approximate surface area is 740 Å². The van der Waals surface area contributed by atoms with E-state index in [-0.39, 0.29) is 80.0 Å². The summed E-state index contributed by atoms with van der Waals surface area (Å²) in [6.45, 7) is 35.0. The van der Waals surface area contributed by atoms with Crippen LogP contribution in [0.3, 0.4) is 0 Å². The number of benzene rings is 6. The van der Waals surface area contributed by atoms with Gasteiger partial charge in [0.1, 0.15) is 17.5 Å². The van der Waals surface area contributed by atoms with Gasteiger partial charge in [0.25, 0.3) is 0 Å². The van der Waals surface area contributed by atoms with Crippen LogP contribution in [0.1, 0.15) is 216 Å². The number of hydrogen-bond acceptors (Lipinski definition) is 9. The molecule has 12 nitrogen and oxygen atoms in total. The van der Waals surface area contributed by atoms with Crippen molar-refractivity contribution >= 4 is 160 Å². The Morgan fingerprint density at radius 2 is 0.858 bits per heavy atom. The van der Waals surface area contributed by atoms with Gasteiger partial charge in [0, 0.05) is 91.2 Å².